The predicted molar refractivity (Wildman–Crippen MR) is 193 cm³/mol. The Bertz CT molecular complexity index is 1690. The Hall–Kier alpha value is -2.10. The van der Waals surface area contributed by atoms with E-state index in [1.807, 2.05) is 17.8 Å². The van der Waals surface area contributed by atoms with E-state index in [9.17, 15) is 5.11 Å². The van der Waals surface area contributed by atoms with E-state index in [0.717, 1.165) is 5.56 Å². The number of allylic oxidation sites excluding steroid dienone is 4. The zero-order valence-corrected chi connectivity index (χ0v) is 33.2. The standard InChI is InChI=1S/C16H13.C14H22O.C10H12SSi.ClH.Zr/c1-12-10-14-8-5-9-15(16(14)11-12)13-6-3-2-4-7-13;1-13(2,3)10-7-8-12(15)11(9-10)14(4,5)6;1-12(2)7-9-6-8-4-3-5-10(8)11-9;;/h2-11H,1H3;7-9,15H,1-6H3;3-7,9H,1-2H3;1H;/q-1;;;;+3/p-2. The van der Waals surface area contributed by atoms with Gasteiger partial charge in [-0.1, -0.05) is 151 Å². The van der Waals surface area contributed by atoms with Gasteiger partial charge < -0.3 is 17.5 Å². The van der Waals surface area contributed by atoms with Crippen molar-refractivity contribution in [2.45, 2.75) is 77.6 Å². The van der Waals surface area contributed by atoms with Crippen molar-refractivity contribution in [1.82, 2.24) is 0 Å². The molecule has 0 spiro atoms. The second-order valence-corrected chi connectivity index (χ2v) is 17.5. The van der Waals surface area contributed by atoms with E-state index in [-0.39, 0.29) is 63.6 Å². The summed E-state index contributed by atoms with van der Waals surface area (Å²) in [5, 5.41) is 15.1. The molecule has 1 aliphatic heterocycles. The fourth-order valence-electron chi connectivity index (χ4n) is 5.27. The third-order valence-electron chi connectivity index (χ3n) is 7.55. The number of aryl methyl sites for hydroxylation is 1. The molecule has 233 valence electrons. The van der Waals surface area contributed by atoms with Gasteiger partial charge in [0.2, 0.25) is 0 Å². The summed E-state index contributed by atoms with van der Waals surface area (Å²) in [4.78, 5) is 1.46. The molecule has 2 aliphatic rings. The first-order valence-corrected chi connectivity index (χ1v) is 18.6. The number of hydrogen-bond acceptors (Lipinski definition) is 2. The summed E-state index contributed by atoms with van der Waals surface area (Å²) in [7, 11) is -0.190. The molecule has 0 aromatic heterocycles. The van der Waals surface area contributed by atoms with Crippen molar-refractivity contribution in [1.29, 1.82) is 0 Å². The maximum atomic E-state index is 11.7. The molecule has 1 heterocycles. The summed E-state index contributed by atoms with van der Waals surface area (Å²) in [5.41, 5.74) is 10.1. The molecular weight excluding hydrogens is 683 g/mol. The Morgan fingerprint density at radius 3 is 2.16 bits per heavy atom. The van der Waals surface area contributed by atoms with E-state index < -0.39 is 0 Å². The molecule has 0 saturated heterocycles. The molecule has 1 aliphatic carbocycles. The predicted octanol–water partition coefficient (Wildman–Crippen LogP) is 7.51. The first-order valence-electron chi connectivity index (χ1n) is 15.2. The molecule has 0 N–H and O–H groups in total. The van der Waals surface area contributed by atoms with Crippen LogP contribution in [0.3, 0.4) is 0 Å². The molecule has 0 saturated carbocycles. The van der Waals surface area contributed by atoms with Crippen LogP contribution in [-0.2, 0) is 37.0 Å². The van der Waals surface area contributed by atoms with E-state index in [1.165, 1.54) is 43.5 Å². The third kappa shape index (κ3) is 10.7. The van der Waals surface area contributed by atoms with Crippen LogP contribution in [0.25, 0.3) is 21.9 Å². The van der Waals surface area contributed by atoms with Crippen LogP contribution in [0.2, 0.25) is 13.1 Å². The minimum absolute atomic E-state index is 0. The Labute approximate surface area is 303 Å². The maximum Gasteiger partial charge on any atom is 3.00 e. The first-order chi connectivity index (χ1) is 20.2. The third-order valence-corrected chi connectivity index (χ3v) is 9.98. The normalized spacial score (nSPS) is 14.8. The van der Waals surface area contributed by atoms with Gasteiger partial charge in [-0.25, -0.2) is 0 Å². The topological polar surface area (TPSA) is 23.1 Å². The van der Waals surface area contributed by atoms with Crippen LogP contribution in [0.15, 0.2) is 114 Å². The van der Waals surface area contributed by atoms with Gasteiger partial charge in [-0.3, -0.25) is 0 Å². The number of halogens is 1. The molecule has 4 aromatic carbocycles. The molecule has 6 rings (SSSR count). The molecular formula is C40H46ClOSSiZr. The van der Waals surface area contributed by atoms with Crippen molar-refractivity contribution in [3.63, 3.8) is 0 Å². The molecule has 0 bridgehead atoms. The van der Waals surface area contributed by atoms with Gasteiger partial charge in [-0.05, 0) is 33.6 Å². The van der Waals surface area contributed by atoms with Gasteiger partial charge in [0, 0.05) is 18.6 Å². The molecule has 1 atom stereocenters. The molecule has 1 radical (unpaired) electrons. The van der Waals surface area contributed by atoms with E-state index in [2.05, 4.69) is 158 Å². The monoisotopic (exact) mass is 727 g/mol. The number of thioether (sulfide) groups is 1. The van der Waals surface area contributed by atoms with Gasteiger partial charge in [-0.2, -0.15) is 6.07 Å². The van der Waals surface area contributed by atoms with Crippen molar-refractivity contribution in [2.75, 3.05) is 0 Å². The van der Waals surface area contributed by atoms with Crippen LogP contribution in [0.4, 0.5) is 0 Å². The van der Waals surface area contributed by atoms with E-state index >= 15 is 0 Å². The van der Waals surface area contributed by atoms with Crippen LogP contribution < -0.4 is 17.5 Å². The molecule has 5 heteroatoms. The summed E-state index contributed by atoms with van der Waals surface area (Å²) in [6.45, 7) is 19.6. The van der Waals surface area contributed by atoms with Crippen molar-refractivity contribution in [3.8, 4) is 16.9 Å². The fourth-order valence-corrected chi connectivity index (χ4v) is 8.05. The van der Waals surface area contributed by atoms with Gasteiger partial charge in [0.05, 0.1) is 0 Å². The van der Waals surface area contributed by atoms with Crippen molar-refractivity contribution >= 4 is 36.6 Å². The smallest absolute Gasteiger partial charge is 1.00 e. The zero-order valence-electron chi connectivity index (χ0n) is 28.2. The average Bonchev–Trinajstić information content (AvgIpc) is 3.62. The molecule has 1 nitrogen and oxygen atoms in total. The molecule has 1 unspecified atom stereocenters. The molecule has 45 heavy (non-hydrogen) atoms. The van der Waals surface area contributed by atoms with Crippen molar-refractivity contribution < 1.29 is 43.7 Å². The Balaban J connectivity index is 0.000000232. The largest absolute Gasteiger partial charge is 3.00 e. The van der Waals surface area contributed by atoms with Crippen LogP contribution in [0, 0.1) is 6.92 Å². The van der Waals surface area contributed by atoms with E-state index in [0.29, 0.717) is 5.25 Å². The number of hydrogen-bond donors (Lipinski definition) is 0. The average molecular weight is 730 g/mol. The Morgan fingerprint density at radius 1 is 0.867 bits per heavy atom. The minimum atomic E-state index is -0.190. The van der Waals surface area contributed by atoms with Gasteiger partial charge >= 0.3 is 26.2 Å². The Kier molecular flexibility index (Phi) is 14.5. The summed E-state index contributed by atoms with van der Waals surface area (Å²) in [5.74, 6) is 0.149. The van der Waals surface area contributed by atoms with E-state index in [4.69, 9.17) is 0 Å². The fraction of sp³-hybridized carbons (Fsp3) is 0.300. The van der Waals surface area contributed by atoms with Crippen LogP contribution in [-0.4, -0.2) is 19.3 Å². The molecule has 4 aromatic rings. The second-order valence-electron chi connectivity index (χ2n) is 13.8. The summed E-state index contributed by atoms with van der Waals surface area (Å²) >= 11 is 1.99. The van der Waals surface area contributed by atoms with Gasteiger partial charge in [0.15, 0.2) is 0 Å². The molecule has 0 fully saturated rings. The van der Waals surface area contributed by atoms with Crippen LogP contribution >= 0.6 is 11.8 Å². The van der Waals surface area contributed by atoms with Gasteiger partial charge in [0.1, 0.15) is 0 Å². The van der Waals surface area contributed by atoms with E-state index in [1.54, 1.807) is 6.07 Å². The zero-order chi connectivity index (χ0) is 31.4. The van der Waals surface area contributed by atoms with Crippen molar-refractivity contribution in [3.05, 3.63) is 130 Å². The first kappa shape index (κ1) is 39.1. The van der Waals surface area contributed by atoms with Gasteiger partial charge in [-0.15, -0.1) is 52.0 Å². The number of rotatable bonds is 2. The Morgan fingerprint density at radius 2 is 1.56 bits per heavy atom. The summed E-state index contributed by atoms with van der Waals surface area (Å²) in [6.07, 6.45) is 8.92. The minimum Gasteiger partial charge on any atom is -1.00 e. The van der Waals surface area contributed by atoms with Gasteiger partial charge in [0.25, 0.3) is 0 Å². The summed E-state index contributed by atoms with van der Waals surface area (Å²) in [6, 6.07) is 27.2. The van der Waals surface area contributed by atoms with Crippen LogP contribution in [0.5, 0.6) is 5.75 Å². The van der Waals surface area contributed by atoms with Crippen molar-refractivity contribution in [2.24, 2.45) is 0 Å². The maximum absolute atomic E-state index is 11.7. The number of fused-ring (bicyclic) bond motifs is 2. The number of benzene rings is 3. The quantitative estimate of drug-likeness (QED) is 0.158. The van der Waals surface area contributed by atoms with Crippen LogP contribution in [0.1, 0.15) is 58.2 Å². The second kappa shape index (κ2) is 16.6. The summed E-state index contributed by atoms with van der Waals surface area (Å²) < 4.78 is 0. The SMILES string of the molecule is CC(C)(C)c1ccc([O-])c(C(C)(C)C)c1.C[Si](C)=CC1C=C2C=CC=C2S1.Cc1cc2c(-c3ccccc3)cccc2[cH-]1.[Cl-].[Zr+3]. The molecule has 0 amide bonds.